The highest BCUT2D eigenvalue weighted by Crippen LogP contribution is 2.35. The number of benzene rings is 1. The molecule has 1 aromatic carbocycles. The van der Waals surface area contributed by atoms with Gasteiger partial charge in [0.2, 0.25) is 0 Å². The largest absolute Gasteiger partial charge is 0.444 e. The van der Waals surface area contributed by atoms with Crippen LogP contribution in [0.4, 0.5) is 22.4 Å². The lowest BCUT2D eigenvalue weighted by Crippen LogP contribution is -2.50. The van der Waals surface area contributed by atoms with Crippen molar-refractivity contribution in [3.05, 3.63) is 35.1 Å². The Balaban J connectivity index is 2.24. The van der Waals surface area contributed by atoms with Crippen LogP contribution in [0.1, 0.15) is 37.9 Å². The van der Waals surface area contributed by atoms with Gasteiger partial charge in [-0.15, -0.1) is 0 Å². The molecule has 2 rings (SSSR count). The molecule has 1 fully saturated rings. The van der Waals surface area contributed by atoms with Gasteiger partial charge in [0, 0.05) is 19.6 Å². The Morgan fingerprint density at radius 2 is 1.96 bits per heavy atom. The van der Waals surface area contributed by atoms with Gasteiger partial charge in [-0.1, -0.05) is 0 Å². The summed E-state index contributed by atoms with van der Waals surface area (Å²) in [5.74, 6) is -0.755. The number of hydrogen-bond donors (Lipinski definition) is 1. The van der Waals surface area contributed by atoms with Crippen molar-refractivity contribution in [3.63, 3.8) is 0 Å². The molecule has 4 nitrogen and oxygen atoms in total. The Labute approximate surface area is 137 Å². The number of amides is 1. The van der Waals surface area contributed by atoms with Gasteiger partial charge in [-0.25, -0.2) is 9.18 Å². The lowest BCUT2D eigenvalue weighted by atomic mass is 9.98. The maximum absolute atomic E-state index is 13.5. The average molecular weight is 348 g/mol. The van der Waals surface area contributed by atoms with E-state index in [0.29, 0.717) is 6.54 Å². The predicted molar refractivity (Wildman–Crippen MR) is 80.0 cm³/mol. The topological polar surface area (TPSA) is 41.6 Å². The summed E-state index contributed by atoms with van der Waals surface area (Å²) in [6.07, 6.45) is -5.20. The third kappa shape index (κ3) is 4.59. The summed E-state index contributed by atoms with van der Waals surface area (Å²) >= 11 is 0. The predicted octanol–water partition coefficient (Wildman–Crippen LogP) is 3.73. The molecular formula is C16H20F4N2O2. The zero-order valence-corrected chi connectivity index (χ0v) is 13.7. The van der Waals surface area contributed by atoms with Crippen LogP contribution in [0, 0.1) is 5.82 Å². The van der Waals surface area contributed by atoms with E-state index in [1.807, 2.05) is 0 Å². The molecule has 24 heavy (non-hydrogen) atoms. The fourth-order valence-corrected chi connectivity index (χ4v) is 2.53. The number of alkyl halides is 3. The van der Waals surface area contributed by atoms with E-state index in [0.717, 1.165) is 18.2 Å². The van der Waals surface area contributed by atoms with Crippen LogP contribution in [-0.4, -0.2) is 36.2 Å². The Morgan fingerprint density at radius 3 is 2.54 bits per heavy atom. The summed E-state index contributed by atoms with van der Waals surface area (Å²) in [5.41, 5.74) is -1.82. The first-order chi connectivity index (χ1) is 11.0. The zero-order valence-electron chi connectivity index (χ0n) is 13.7. The van der Waals surface area contributed by atoms with Gasteiger partial charge >= 0.3 is 12.3 Å². The van der Waals surface area contributed by atoms with Gasteiger partial charge in [-0.3, -0.25) is 0 Å². The molecule has 0 radical (unpaired) electrons. The van der Waals surface area contributed by atoms with E-state index in [1.54, 1.807) is 20.8 Å². The molecule has 1 N–H and O–H groups in total. The number of nitrogens with one attached hydrogen (secondary N) is 1. The second-order valence-electron chi connectivity index (χ2n) is 6.66. The van der Waals surface area contributed by atoms with Crippen molar-refractivity contribution in [1.82, 2.24) is 10.2 Å². The normalized spacial score (nSPS) is 19.3. The molecule has 0 saturated carbocycles. The molecule has 134 valence electrons. The highest BCUT2D eigenvalue weighted by atomic mass is 19.4. The molecule has 1 saturated heterocycles. The molecule has 0 bridgehead atoms. The van der Waals surface area contributed by atoms with Crippen molar-refractivity contribution in [3.8, 4) is 0 Å². The van der Waals surface area contributed by atoms with Crippen LogP contribution in [0.25, 0.3) is 0 Å². The van der Waals surface area contributed by atoms with E-state index < -0.39 is 35.3 Å². The second-order valence-corrected chi connectivity index (χ2v) is 6.66. The lowest BCUT2D eigenvalue weighted by Gasteiger charge is -2.35. The Hall–Kier alpha value is -1.83. The van der Waals surface area contributed by atoms with Gasteiger partial charge < -0.3 is 15.0 Å². The maximum Gasteiger partial charge on any atom is 0.416 e. The molecule has 0 aromatic heterocycles. The molecule has 1 unspecified atom stereocenters. The van der Waals surface area contributed by atoms with E-state index in [4.69, 9.17) is 4.74 Å². The van der Waals surface area contributed by atoms with Crippen molar-refractivity contribution in [2.45, 2.75) is 38.6 Å². The van der Waals surface area contributed by atoms with Crippen molar-refractivity contribution >= 4 is 6.09 Å². The quantitative estimate of drug-likeness (QED) is 0.787. The van der Waals surface area contributed by atoms with Crippen LogP contribution in [0.2, 0.25) is 0 Å². The lowest BCUT2D eigenvalue weighted by molar-refractivity contribution is -0.138. The number of nitrogens with zero attached hydrogens (tertiary/aromatic N) is 1. The number of carbonyl (C=O) groups is 1. The summed E-state index contributed by atoms with van der Waals surface area (Å²) in [6.45, 7) is 5.69. The first-order valence-corrected chi connectivity index (χ1v) is 7.55. The van der Waals surface area contributed by atoms with E-state index in [-0.39, 0.29) is 18.7 Å². The van der Waals surface area contributed by atoms with Gasteiger partial charge in [-0.05, 0) is 44.5 Å². The molecule has 0 spiro atoms. The number of rotatable bonds is 1. The Morgan fingerprint density at radius 1 is 1.29 bits per heavy atom. The van der Waals surface area contributed by atoms with Crippen LogP contribution in [-0.2, 0) is 10.9 Å². The fraction of sp³-hybridized carbons (Fsp3) is 0.562. The number of piperazine rings is 1. The summed E-state index contributed by atoms with van der Waals surface area (Å²) in [4.78, 5) is 13.4. The second kappa shape index (κ2) is 6.58. The SMILES string of the molecule is CC(C)(C)OC(=O)N1CCNC(c2cc(F)ccc2C(F)(F)F)C1. The minimum atomic E-state index is -4.60. The van der Waals surface area contributed by atoms with E-state index in [9.17, 15) is 22.4 Å². The third-order valence-electron chi connectivity index (χ3n) is 3.52. The van der Waals surface area contributed by atoms with Crippen LogP contribution >= 0.6 is 0 Å². The first-order valence-electron chi connectivity index (χ1n) is 7.55. The molecule has 1 heterocycles. The first kappa shape index (κ1) is 18.5. The summed E-state index contributed by atoms with van der Waals surface area (Å²) in [6, 6.07) is 1.54. The zero-order chi connectivity index (χ0) is 18.1. The van der Waals surface area contributed by atoms with Crippen molar-refractivity contribution < 1.29 is 27.1 Å². The minimum Gasteiger partial charge on any atom is -0.444 e. The fourth-order valence-electron chi connectivity index (χ4n) is 2.53. The molecular weight excluding hydrogens is 328 g/mol. The van der Waals surface area contributed by atoms with E-state index >= 15 is 0 Å². The van der Waals surface area contributed by atoms with Gasteiger partial charge in [0.05, 0.1) is 11.6 Å². The molecule has 8 heteroatoms. The van der Waals surface area contributed by atoms with Crippen LogP contribution in [0.15, 0.2) is 18.2 Å². The minimum absolute atomic E-state index is 0.0263. The van der Waals surface area contributed by atoms with Gasteiger partial charge in [0.25, 0.3) is 0 Å². The summed E-state index contributed by atoms with van der Waals surface area (Å²) in [5, 5.41) is 2.91. The van der Waals surface area contributed by atoms with E-state index in [2.05, 4.69) is 5.32 Å². The molecule has 0 aliphatic carbocycles. The van der Waals surface area contributed by atoms with Gasteiger partial charge in [-0.2, -0.15) is 13.2 Å². The van der Waals surface area contributed by atoms with Crippen LogP contribution in [0.5, 0.6) is 0 Å². The van der Waals surface area contributed by atoms with Gasteiger partial charge in [0.1, 0.15) is 11.4 Å². The molecule has 1 aliphatic rings. The Bertz CT molecular complexity index is 611. The summed E-state index contributed by atoms with van der Waals surface area (Å²) < 4.78 is 58.2. The smallest absolute Gasteiger partial charge is 0.416 e. The monoisotopic (exact) mass is 348 g/mol. The number of ether oxygens (including phenoxy) is 1. The third-order valence-corrected chi connectivity index (χ3v) is 3.52. The molecule has 1 atom stereocenters. The van der Waals surface area contributed by atoms with Crippen LogP contribution < -0.4 is 5.32 Å². The number of carbonyl (C=O) groups excluding carboxylic acids is 1. The standard InChI is InChI=1S/C16H20F4N2O2/c1-15(2,3)24-14(23)22-7-6-21-13(9-22)11-8-10(17)4-5-12(11)16(18,19)20/h4-5,8,13,21H,6-7,9H2,1-3H3. The molecule has 1 aliphatic heterocycles. The van der Waals surface area contributed by atoms with Crippen molar-refractivity contribution in [1.29, 1.82) is 0 Å². The number of hydrogen-bond acceptors (Lipinski definition) is 3. The molecule has 1 aromatic rings. The molecule has 1 amide bonds. The van der Waals surface area contributed by atoms with Crippen molar-refractivity contribution in [2.24, 2.45) is 0 Å². The average Bonchev–Trinajstić information content (AvgIpc) is 2.44. The highest BCUT2D eigenvalue weighted by Gasteiger charge is 2.37. The van der Waals surface area contributed by atoms with Crippen LogP contribution in [0.3, 0.4) is 0 Å². The summed E-state index contributed by atoms with van der Waals surface area (Å²) in [7, 11) is 0. The Kier molecular flexibility index (Phi) is 5.08. The van der Waals surface area contributed by atoms with E-state index in [1.165, 1.54) is 4.90 Å². The highest BCUT2D eigenvalue weighted by molar-refractivity contribution is 5.68. The maximum atomic E-state index is 13.5. The number of halogens is 4. The van der Waals surface area contributed by atoms with Crippen molar-refractivity contribution in [2.75, 3.05) is 19.6 Å². The van der Waals surface area contributed by atoms with Gasteiger partial charge in [0.15, 0.2) is 0 Å².